The van der Waals surface area contributed by atoms with Crippen LogP contribution in [0.2, 0.25) is 0 Å². The minimum absolute atomic E-state index is 0.0496. The SMILES string of the molecule is CCCS(=O)(=O)N(C)c1ccccc1C(N)=NO. The summed E-state index contributed by atoms with van der Waals surface area (Å²) in [6.45, 7) is 1.79. The second-order valence-corrected chi connectivity index (χ2v) is 5.91. The molecule has 0 heterocycles. The summed E-state index contributed by atoms with van der Waals surface area (Å²) in [7, 11) is -1.93. The first-order valence-corrected chi connectivity index (χ1v) is 7.08. The molecule has 0 amide bonds. The third-order valence-corrected chi connectivity index (χ3v) is 4.46. The molecule has 7 heteroatoms. The van der Waals surface area contributed by atoms with E-state index in [1.165, 1.54) is 7.05 Å². The normalized spacial score (nSPS) is 12.4. The van der Waals surface area contributed by atoms with Crippen molar-refractivity contribution in [1.29, 1.82) is 0 Å². The number of para-hydroxylation sites is 1. The Morgan fingerprint density at radius 2 is 2.06 bits per heavy atom. The molecular weight excluding hydrogens is 254 g/mol. The Morgan fingerprint density at radius 3 is 2.61 bits per heavy atom. The molecule has 100 valence electrons. The number of amidine groups is 1. The first-order valence-electron chi connectivity index (χ1n) is 5.47. The molecule has 0 aliphatic heterocycles. The van der Waals surface area contributed by atoms with Gasteiger partial charge in [-0.15, -0.1) is 0 Å². The number of sulfonamides is 1. The van der Waals surface area contributed by atoms with Crippen molar-refractivity contribution in [2.24, 2.45) is 10.9 Å². The lowest BCUT2D eigenvalue weighted by Gasteiger charge is -2.21. The van der Waals surface area contributed by atoms with Crippen molar-refractivity contribution in [3.05, 3.63) is 29.8 Å². The predicted molar refractivity (Wildman–Crippen MR) is 71.4 cm³/mol. The molecular formula is C11H17N3O3S. The summed E-state index contributed by atoms with van der Waals surface area (Å²) in [4.78, 5) is 0. The van der Waals surface area contributed by atoms with Crippen LogP contribution < -0.4 is 10.0 Å². The molecule has 0 fully saturated rings. The van der Waals surface area contributed by atoms with Crippen molar-refractivity contribution in [1.82, 2.24) is 0 Å². The van der Waals surface area contributed by atoms with Gasteiger partial charge in [-0.05, 0) is 18.6 Å². The standard InChI is InChI=1S/C11H17N3O3S/c1-3-8-18(16,17)14(2)10-7-5-4-6-9(10)11(12)13-15/h4-7,15H,3,8H2,1-2H3,(H2,12,13). The van der Waals surface area contributed by atoms with Gasteiger partial charge in [0, 0.05) is 12.6 Å². The number of hydrogen-bond acceptors (Lipinski definition) is 4. The highest BCUT2D eigenvalue weighted by molar-refractivity contribution is 7.92. The van der Waals surface area contributed by atoms with Gasteiger partial charge in [0.15, 0.2) is 5.84 Å². The summed E-state index contributed by atoms with van der Waals surface area (Å²) in [5, 5.41) is 11.6. The third-order valence-electron chi connectivity index (χ3n) is 2.51. The van der Waals surface area contributed by atoms with E-state index in [1.54, 1.807) is 31.2 Å². The van der Waals surface area contributed by atoms with Crippen LogP contribution in [0, 0.1) is 0 Å². The average Bonchev–Trinajstić information content (AvgIpc) is 2.37. The minimum atomic E-state index is -3.39. The Labute approximate surface area is 107 Å². The monoisotopic (exact) mass is 271 g/mol. The topological polar surface area (TPSA) is 96.0 Å². The van der Waals surface area contributed by atoms with Crippen molar-refractivity contribution >= 4 is 21.5 Å². The van der Waals surface area contributed by atoms with E-state index in [9.17, 15) is 8.42 Å². The Bertz CT molecular complexity index is 540. The second kappa shape index (κ2) is 5.72. The molecule has 1 aromatic rings. The zero-order valence-electron chi connectivity index (χ0n) is 10.4. The Balaban J connectivity index is 3.26. The van der Waals surface area contributed by atoms with Gasteiger partial charge in [0.1, 0.15) is 0 Å². The number of hydrogen-bond donors (Lipinski definition) is 2. The fourth-order valence-electron chi connectivity index (χ4n) is 1.56. The molecule has 0 aliphatic rings. The summed E-state index contributed by atoms with van der Waals surface area (Å²) in [5.74, 6) is -0.0715. The molecule has 0 aromatic heterocycles. The number of anilines is 1. The molecule has 0 spiro atoms. The first kappa shape index (κ1) is 14.3. The van der Waals surface area contributed by atoms with Gasteiger partial charge in [0.2, 0.25) is 10.0 Å². The van der Waals surface area contributed by atoms with Crippen LogP contribution in [0.4, 0.5) is 5.69 Å². The quantitative estimate of drug-likeness (QED) is 0.361. The maximum Gasteiger partial charge on any atom is 0.234 e. The molecule has 0 saturated carbocycles. The summed E-state index contributed by atoms with van der Waals surface area (Å²) in [6.07, 6.45) is 0.526. The zero-order valence-corrected chi connectivity index (χ0v) is 11.2. The van der Waals surface area contributed by atoms with E-state index in [0.29, 0.717) is 17.7 Å². The first-order chi connectivity index (χ1) is 8.44. The summed E-state index contributed by atoms with van der Waals surface area (Å²) < 4.78 is 25.1. The van der Waals surface area contributed by atoms with E-state index in [-0.39, 0.29) is 11.6 Å². The van der Waals surface area contributed by atoms with Crippen LogP contribution in [0.3, 0.4) is 0 Å². The summed E-state index contributed by atoms with van der Waals surface area (Å²) >= 11 is 0. The smallest absolute Gasteiger partial charge is 0.234 e. The van der Waals surface area contributed by atoms with Crippen LogP contribution in [0.15, 0.2) is 29.4 Å². The highest BCUT2D eigenvalue weighted by atomic mass is 32.2. The Morgan fingerprint density at radius 1 is 1.44 bits per heavy atom. The van der Waals surface area contributed by atoms with E-state index in [2.05, 4.69) is 5.16 Å². The van der Waals surface area contributed by atoms with Crippen molar-refractivity contribution in [2.75, 3.05) is 17.1 Å². The molecule has 0 atom stereocenters. The summed E-state index contributed by atoms with van der Waals surface area (Å²) in [5.41, 5.74) is 6.30. The molecule has 18 heavy (non-hydrogen) atoms. The van der Waals surface area contributed by atoms with Crippen LogP contribution in [0.5, 0.6) is 0 Å². The lowest BCUT2D eigenvalue weighted by Crippen LogP contribution is -2.31. The van der Waals surface area contributed by atoms with E-state index < -0.39 is 10.0 Å². The highest BCUT2D eigenvalue weighted by Crippen LogP contribution is 2.22. The zero-order chi connectivity index (χ0) is 13.8. The predicted octanol–water partition coefficient (Wildman–Crippen LogP) is 0.957. The van der Waals surface area contributed by atoms with E-state index >= 15 is 0 Å². The lowest BCUT2D eigenvalue weighted by atomic mass is 10.1. The van der Waals surface area contributed by atoms with Gasteiger partial charge in [0.25, 0.3) is 0 Å². The van der Waals surface area contributed by atoms with E-state index in [0.717, 1.165) is 4.31 Å². The van der Waals surface area contributed by atoms with Crippen molar-refractivity contribution in [3.63, 3.8) is 0 Å². The summed E-state index contributed by atoms with van der Waals surface area (Å²) in [6, 6.07) is 6.60. The van der Waals surface area contributed by atoms with Crippen molar-refractivity contribution in [2.45, 2.75) is 13.3 Å². The lowest BCUT2D eigenvalue weighted by molar-refractivity contribution is 0.318. The van der Waals surface area contributed by atoms with Gasteiger partial charge in [-0.2, -0.15) is 0 Å². The molecule has 1 aromatic carbocycles. The fourth-order valence-corrected chi connectivity index (χ4v) is 2.81. The van der Waals surface area contributed by atoms with Gasteiger partial charge < -0.3 is 10.9 Å². The Hall–Kier alpha value is -1.76. The molecule has 0 bridgehead atoms. The molecule has 0 unspecified atom stereocenters. The van der Waals surface area contributed by atoms with Gasteiger partial charge in [0.05, 0.1) is 11.4 Å². The van der Waals surface area contributed by atoms with E-state index in [4.69, 9.17) is 10.9 Å². The third kappa shape index (κ3) is 2.92. The second-order valence-electron chi connectivity index (χ2n) is 3.79. The molecule has 6 nitrogen and oxygen atoms in total. The number of nitrogens with zero attached hydrogens (tertiary/aromatic N) is 2. The molecule has 0 radical (unpaired) electrons. The van der Waals surface area contributed by atoms with Crippen molar-refractivity contribution < 1.29 is 13.6 Å². The molecule has 3 N–H and O–H groups in total. The van der Waals surface area contributed by atoms with Gasteiger partial charge in [-0.1, -0.05) is 24.2 Å². The maximum absolute atomic E-state index is 12.0. The number of oxime groups is 1. The van der Waals surface area contributed by atoms with E-state index in [1.807, 2.05) is 0 Å². The van der Waals surface area contributed by atoms with Crippen LogP contribution in [-0.4, -0.2) is 32.3 Å². The largest absolute Gasteiger partial charge is 0.409 e. The maximum atomic E-state index is 12.0. The number of benzene rings is 1. The van der Waals surface area contributed by atoms with Crippen LogP contribution >= 0.6 is 0 Å². The number of nitrogens with two attached hydrogens (primary N) is 1. The van der Waals surface area contributed by atoms with Crippen LogP contribution in [0.1, 0.15) is 18.9 Å². The van der Waals surface area contributed by atoms with Gasteiger partial charge >= 0.3 is 0 Å². The average molecular weight is 271 g/mol. The fraction of sp³-hybridized carbons (Fsp3) is 0.364. The van der Waals surface area contributed by atoms with Crippen LogP contribution in [0.25, 0.3) is 0 Å². The van der Waals surface area contributed by atoms with Crippen LogP contribution in [-0.2, 0) is 10.0 Å². The van der Waals surface area contributed by atoms with Crippen molar-refractivity contribution in [3.8, 4) is 0 Å². The molecule has 1 rings (SSSR count). The van der Waals surface area contributed by atoms with Gasteiger partial charge in [-0.3, -0.25) is 4.31 Å². The van der Waals surface area contributed by atoms with Gasteiger partial charge in [-0.25, -0.2) is 8.42 Å². The molecule has 0 aliphatic carbocycles. The Kier molecular flexibility index (Phi) is 4.55. The number of rotatable bonds is 5. The highest BCUT2D eigenvalue weighted by Gasteiger charge is 2.20. The minimum Gasteiger partial charge on any atom is -0.409 e. The molecule has 0 saturated heterocycles.